The van der Waals surface area contributed by atoms with Crippen molar-refractivity contribution in [3.05, 3.63) is 181 Å². The van der Waals surface area contributed by atoms with Gasteiger partial charge in [-0.1, -0.05) is 74.3 Å². The first-order chi connectivity index (χ1) is 56.3. The molecule has 606 valence electrons. The molecular formula is C92H94O24. The third-order valence-electron chi connectivity index (χ3n) is 21.7. The summed E-state index contributed by atoms with van der Waals surface area (Å²) >= 11 is 0. The van der Waals surface area contributed by atoms with Crippen LogP contribution >= 0.6 is 0 Å². The largest absolute Gasteiger partial charge is 0.465 e. The molecule has 0 aliphatic heterocycles. The van der Waals surface area contributed by atoms with Crippen molar-refractivity contribution < 1.29 is 114 Å². The van der Waals surface area contributed by atoms with E-state index in [2.05, 4.69) is 50.0 Å². The van der Waals surface area contributed by atoms with Crippen LogP contribution in [0.2, 0.25) is 0 Å². The highest BCUT2D eigenvalue weighted by Crippen LogP contribution is 2.50. The van der Waals surface area contributed by atoms with Gasteiger partial charge in [0.2, 0.25) is 0 Å². The van der Waals surface area contributed by atoms with E-state index in [1.165, 1.54) is 0 Å². The van der Waals surface area contributed by atoms with Crippen LogP contribution in [-0.2, 0) is 95.4 Å². The first kappa shape index (κ1) is 84.7. The zero-order chi connectivity index (χ0) is 82.0. The van der Waals surface area contributed by atoms with Gasteiger partial charge in [-0.25, -0.2) is 19.2 Å². The molecule has 0 spiro atoms. The first-order valence-corrected chi connectivity index (χ1v) is 39.7. The minimum atomic E-state index is -0.615. The standard InChI is InChI=1S/C92H94O24/c1-5-81(93)105-45-9-49-109-85(97)59-19-27-63(28-20-59)89(101)113-67-35-41-71-72-42-36-68(114-90(102)64-29-21-60(22-30-64)86(98)110-50-10-46-106-82(94)6-2)54-78(72)75(77(71)53-67)39-17-57-13-15-58(16-14-57)18-40-76-79-55-69(115-91(103)65-31-23-61(24-32-65)87(99)111-51-11-47-107-83(95)7-3)37-43-73(79)74-44-38-70(56-80(74)76)116-92(104)66-33-25-62(26-34-66)88(100)112-52-12-48-108-84(96)8-4/h5-8,13-16,35-38,41-44,53-56,59-66,75-76H,1-4,9-12,19-34,45-52H2. The van der Waals surface area contributed by atoms with Gasteiger partial charge in [-0.2, -0.15) is 0 Å². The second-order valence-corrected chi connectivity index (χ2v) is 29.4. The van der Waals surface area contributed by atoms with E-state index in [9.17, 15) is 57.5 Å². The molecule has 11 rings (SSSR count). The van der Waals surface area contributed by atoms with Crippen molar-refractivity contribution in [1.29, 1.82) is 0 Å². The number of ether oxygens (including phenoxy) is 12. The molecule has 116 heavy (non-hydrogen) atoms. The Morgan fingerprint density at radius 3 is 0.655 bits per heavy atom. The van der Waals surface area contributed by atoms with E-state index in [0.29, 0.717) is 163 Å². The van der Waals surface area contributed by atoms with Gasteiger partial charge in [0.1, 0.15) is 23.0 Å². The molecule has 24 nitrogen and oxygen atoms in total. The van der Waals surface area contributed by atoms with E-state index in [0.717, 1.165) is 68.8 Å². The fourth-order valence-electron chi connectivity index (χ4n) is 15.3. The summed E-state index contributed by atoms with van der Waals surface area (Å²) < 4.78 is 66.1. The molecule has 0 atom stereocenters. The minimum Gasteiger partial charge on any atom is -0.465 e. The summed E-state index contributed by atoms with van der Waals surface area (Å²) in [5.41, 5.74) is 7.55. The quantitative estimate of drug-likeness (QED) is 0.00964. The van der Waals surface area contributed by atoms with Crippen molar-refractivity contribution in [3.8, 4) is 68.9 Å². The zero-order valence-corrected chi connectivity index (χ0v) is 64.7. The molecule has 6 aliphatic carbocycles. The van der Waals surface area contributed by atoms with Crippen molar-refractivity contribution in [2.24, 2.45) is 47.3 Å². The second kappa shape index (κ2) is 41.7. The molecule has 0 bridgehead atoms. The van der Waals surface area contributed by atoms with Crippen LogP contribution < -0.4 is 18.9 Å². The molecule has 0 saturated heterocycles. The van der Waals surface area contributed by atoms with Crippen LogP contribution in [0.15, 0.2) is 148 Å². The molecule has 0 unspecified atom stereocenters. The summed E-state index contributed by atoms with van der Waals surface area (Å²) in [5, 5.41) is 0. The summed E-state index contributed by atoms with van der Waals surface area (Å²) in [6.45, 7) is 14.2. The van der Waals surface area contributed by atoms with Crippen LogP contribution in [0, 0.1) is 71.0 Å². The maximum atomic E-state index is 13.9. The number of benzene rings is 5. The number of carbonyl (C=O) groups is 12. The number of hydrogen-bond acceptors (Lipinski definition) is 24. The second-order valence-electron chi connectivity index (χ2n) is 29.4. The Hall–Kier alpha value is -12.2. The normalized spacial score (nSPS) is 20.5. The maximum Gasteiger partial charge on any atom is 0.330 e. The lowest BCUT2D eigenvalue weighted by Gasteiger charge is -2.26. The highest BCUT2D eigenvalue weighted by atomic mass is 16.6. The SMILES string of the molecule is C=CC(=O)OCCCOC(=O)C1CCC(C(=O)Oc2ccc3c(c2)C(C#Cc2ccc(C#CC4c5cc(OC(=O)C6CCC(C(=O)OCCCOC(=O)C=C)CC6)ccc5-c5ccc(OC(=O)C6CCC(C(=O)OCCCOC(=O)C=C)CC6)cc54)cc2)c2cc(OC(=O)C4CCC(C(=O)OCCCOC(=O)C=C)CC4)ccc2-3)CC1. The van der Waals surface area contributed by atoms with Gasteiger partial charge in [0.05, 0.1) is 112 Å². The highest BCUT2D eigenvalue weighted by Gasteiger charge is 2.39. The number of fused-ring (bicyclic) bond motifs is 6. The van der Waals surface area contributed by atoms with Gasteiger partial charge in [0.15, 0.2) is 0 Å². The Bertz CT molecular complexity index is 4120. The maximum absolute atomic E-state index is 13.9. The fraction of sp³-hybridized carbons (Fsp3) is 0.413. The third kappa shape index (κ3) is 23.1. The number of rotatable bonds is 32. The number of esters is 12. The van der Waals surface area contributed by atoms with E-state index >= 15 is 0 Å². The Balaban J connectivity index is 0.794. The van der Waals surface area contributed by atoms with Gasteiger partial charge in [0, 0.05) is 61.1 Å². The Morgan fingerprint density at radius 2 is 0.457 bits per heavy atom. The van der Waals surface area contributed by atoms with Gasteiger partial charge in [-0.3, -0.25) is 38.4 Å². The van der Waals surface area contributed by atoms with Gasteiger partial charge >= 0.3 is 71.6 Å². The van der Waals surface area contributed by atoms with Crippen LogP contribution in [0.1, 0.15) is 174 Å². The predicted molar refractivity (Wildman–Crippen MR) is 419 cm³/mol. The lowest BCUT2D eigenvalue weighted by molar-refractivity contribution is -0.153. The van der Waals surface area contributed by atoms with Crippen LogP contribution in [0.4, 0.5) is 0 Å². The van der Waals surface area contributed by atoms with Crippen molar-refractivity contribution >= 4 is 71.6 Å². The topological polar surface area (TPSA) is 316 Å². The monoisotopic (exact) mass is 1580 g/mol. The molecule has 0 amide bonds. The molecule has 4 fully saturated rings. The number of hydrogen-bond donors (Lipinski definition) is 0. The molecule has 5 aromatic rings. The molecule has 24 heteroatoms. The van der Waals surface area contributed by atoms with Gasteiger partial charge in [0.25, 0.3) is 0 Å². The average Bonchev–Trinajstić information content (AvgIpc) is 1.61. The molecule has 0 heterocycles. The van der Waals surface area contributed by atoms with Crippen molar-refractivity contribution in [3.63, 3.8) is 0 Å². The zero-order valence-electron chi connectivity index (χ0n) is 64.7. The van der Waals surface area contributed by atoms with Gasteiger partial charge < -0.3 is 56.8 Å². The van der Waals surface area contributed by atoms with Crippen LogP contribution in [0.5, 0.6) is 23.0 Å². The first-order valence-electron chi connectivity index (χ1n) is 39.7. The fourth-order valence-corrected chi connectivity index (χ4v) is 15.3. The molecule has 0 aromatic heterocycles. The molecule has 0 radical (unpaired) electrons. The summed E-state index contributed by atoms with van der Waals surface area (Å²) in [5.74, 6) is 4.72. The molecule has 4 saturated carbocycles. The van der Waals surface area contributed by atoms with E-state index in [4.69, 9.17) is 56.8 Å². The summed E-state index contributed by atoms with van der Waals surface area (Å²) in [6, 6.07) is 29.0. The smallest absolute Gasteiger partial charge is 0.330 e. The van der Waals surface area contributed by atoms with Crippen molar-refractivity contribution in [2.75, 3.05) is 52.9 Å². The third-order valence-corrected chi connectivity index (χ3v) is 21.7. The molecule has 5 aromatic carbocycles. The van der Waals surface area contributed by atoms with Gasteiger partial charge in [-0.15, -0.1) is 0 Å². The Morgan fingerprint density at radius 1 is 0.267 bits per heavy atom. The lowest BCUT2D eigenvalue weighted by atomic mass is 9.82. The summed E-state index contributed by atoms with van der Waals surface area (Å²) in [6.07, 6.45) is 12.3. The van der Waals surface area contributed by atoms with Crippen molar-refractivity contribution in [2.45, 2.75) is 140 Å². The Labute approximate surface area is 673 Å². The van der Waals surface area contributed by atoms with E-state index in [1.54, 1.807) is 48.5 Å². The van der Waals surface area contributed by atoms with Gasteiger partial charge in [-0.05, 0) is 220 Å². The van der Waals surface area contributed by atoms with E-state index in [-0.39, 0.29) is 76.7 Å². The molecule has 6 aliphatic rings. The lowest BCUT2D eigenvalue weighted by Crippen LogP contribution is -2.29. The molecule has 0 N–H and O–H groups in total. The van der Waals surface area contributed by atoms with E-state index in [1.807, 2.05) is 48.5 Å². The minimum absolute atomic E-state index is 0.0831. The predicted octanol–water partition coefficient (Wildman–Crippen LogP) is 13.5. The highest BCUT2D eigenvalue weighted by molar-refractivity contribution is 5.88. The van der Waals surface area contributed by atoms with Crippen LogP contribution in [0.25, 0.3) is 22.3 Å². The van der Waals surface area contributed by atoms with Crippen molar-refractivity contribution in [1.82, 2.24) is 0 Å². The van der Waals surface area contributed by atoms with Crippen LogP contribution in [-0.4, -0.2) is 124 Å². The Kier molecular flexibility index (Phi) is 30.5. The summed E-state index contributed by atoms with van der Waals surface area (Å²) in [7, 11) is 0. The van der Waals surface area contributed by atoms with Crippen LogP contribution in [0.3, 0.4) is 0 Å². The molecular weight excluding hydrogens is 1490 g/mol. The van der Waals surface area contributed by atoms with E-state index < -0.39 is 107 Å². The average molecular weight is 1580 g/mol. The summed E-state index contributed by atoms with van der Waals surface area (Å²) in [4.78, 5) is 153. The number of carbonyl (C=O) groups excluding carboxylic acids is 12.